The Morgan fingerprint density at radius 1 is 0.900 bits per heavy atom. The molecule has 2 amide bonds. The highest BCUT2D eigenvalue weighted by molar-refractivity contribution is 6.24. The molecule has 0 saturated carbocycles. The van der Waals surface area contributed by atoms with Crippen LogP contribution in [0.15, 0.2) is 22.3 Å². The van der Waals surface area contributed by atoms with Crippen molar-refractivity contribution >= 4 is 23.6 Å². The topological polar surface area (TPSA) is 102 Å². The van der Waals surface area contributed by atoms with Gasteiger partial charge in [-0.2, -0.15) is 0 Å². The second-order valence-corrected chi connectivity index (χ2v) is 9.12. The number of hydrogen-bond acceptors (Lipinski definition) is 5. The molecule has 7 heteroatoms. The molecule has 0 heterocycles. The van der Waals surface area contributed by atoms with E-state index in [1.54, 1.807) is 41.5 Å². The number of ether oxygens (including phenoxy) is 1. The van der Waals surface area contributed by atoms with Crippen molar-refractivity contribution in [2.24, 2.45) is 0 Å². The van der Waals surface area contributed by atoms with Gasteiger partial charge in [0.05, 0.1) is 0 Å². The molecule has 0 aliphatic heterocycles. The highest BCUT2D eigenvalue weighted by Crippen LogP contribution is 2.27. The molecule has 1 rings (SSSR count). The normalized spacial score (nSPS) is 16.2. The number of ketones is 2. The molecule has 0 bridgehead atoms. The van der Waals surface area contributed by atoms with Gasteiger partial charge in [-0.05, 0) is 74.7 Å². The maximum atomic E-state index is 12.5. The van der Waals surface area contributed by atoms with Gasteiger partial charge in [0.25, 0.3) is 0 Å². The standard InChI is InChI=1S/C23H36N2O5/c1-13(2)24-21(28)18(25-22(29)30-23(6,7)8)12-10-9-11-17-16(5)19(26)14(3)15(4)20(17)27/h13,18H,9-12H2,1-8H3,(H,24,28)(H,25,29)/t18-/m0/s1. The lowest BCUT2D eigenvalue weighted by Gasteiger charge is -2.24. The number of carbonyl (C=O) groups excluding carboxylic acids is 4. The van der Waals surface area contributed by atoms with Crippen LogP contribution < -0.4 is 10.6 Å². The third-order valence-corrected chi connectivity index (χ3v) is 4.92. The van der Waals surface area contributed by atoms with Gasteiger partial charge in [-0.3, -0.25) is 14.4 Å². The van der Waals surface area contributed by atoms with E-state index in [9.17, 15) is 19.2 Å². The lowest BCUT2D eigenvalue weighted by molar-refractivity contribution is -0.124. The van der Waals surface area contributed by atoms with Gasteiger partial charge >= 0.3 is 6.09 Å². The van der Waals surface area contributed by atoms with Crippen LogP contribution in [0, 0.1) is 0 Å². The van der Waals surface area contributed by atoms with Gasteiger partial charge in [-0.1, -0.05) is 6.42 Å². The van der Waals surface area contributed by atoms with Gasteiger partial charge in [-0.15, -0.1) is 0 Å². The van der Waals surface area contributed by atoms with Gasteiger partial charge in [-0.25, -0.2) is 4.79 Å². The third-order valence-electron chi connectivity index (χ3n) is 4.92. The molecule has 0 aromatic carbocycles. The molecule has 0 fully saturated rings. The van der Waals surface area contributed by atoms with Crippen molar-refractivity contribution in [1.29, 1.82) is 0 Å². The van der Waals surface area contributed by atoms with Crippen LogP contribution in [-0.2, 0) is 19.1 Å². The van der Waals surface area contributed by atoms with Crippen LogP contribution in [0.2, 0.25) is 0 Å². The average Bonchev–Trinajstić information content (AvgIpc) is 2.61. The Hall–Kier alpha value is -2.44. The Kier molecular flexibility index (Phi) is 9.00. The Balaban J connectivity index is 2.73. The van der Waals surface area contributed by atoms with Gasteiger partial charge < -0.3 is 15.4 Å². The molecule has 2 N–H and O–H groups in total. The Morgan fingerprint density at radius 3 is 2.00 bits per heavy atom. The summed E-state index contributed by atoms with van der Waals surface area (Å²) in [4.78, 5) is 49.4. The lowest BCUT2D eigenvalue weighted by Crippen LogP contribution is -2.49. The van der Waals surface area contributed by atoms with E-state index < -0.39 is 17.7 Å². The van der Waals surface area contributed by atoms with E-state index in [2.05, 4.69) is 10.6 Å². The van der Waals surface area contributed by atoms with Crippen molar-refractivity contribution in [2.75, 3.05) is 0 Å². The largest absolute Gasteiger partial charge is 0.444 e. The quantitative estimate of drug-likeness (QED) is 0.460. The summed E-state index contributed by atoms with van der Waals surface area (Å²) >= 11 is 0. The molecular formula is C23H36N2O5. The van der Waals surface area contributed by atoms with E-state index in [1.165, 1.54) is 0 Å². The van der Waals surface area contributed by atoms with Gasteiger partial charge in [0.15, 0.2) is 11.6 Å². The third kappa shape index (κ3) is 7.43. The smallest absolute Gasteiger partial charge is 0.408 e. The molecule has 0 unspecified atom stereocenters. The second kappa shape index (κ2) is 10.5. The molecule has 30 heavy (non-hydrogen) atoms. The predicted molar refractivity (Wildman–Crippen MR) is 116 cm³/mol. The van der Waals surface area contributed by atoms with Crippen LogP contribution >= 0.6 is 0 Å². The first kappa shape index (κ1) is 25.6. The van der Waals surface area contributed by atoms with Crippen molar-refractivity contribution in [3.63, 3.8) is 0 Å². The summed E-state index contributed by atoms with van der Waals surface area (Å²) in [6.45, 7) is 14.0. The summed E-state index contributed by atoms with van der Waals surface area (Å²) in [5, 5.41) is 5.45. The fourth-order valence-corrected chi connectivity index (χ4v) is 3.21. The molecule has 1 aliphatic rings. The van der Waals surface area contributed by atoms with Crippen LogP contribution in [0.1, 0.15) is 81.1 Å². The minimum Gasteiger partial charge on any atom is -0.444 e. The Bertz CT molecular complexity index is 769. The average molecular weight is 421 g/mol. The highest BCUT2D eigenvalue weighted by atomic mass is 16.6. The number of hydrogen-bond donors (Lipinski definition) is 2. The molecule has 0 radical (unpaired) electrons. The highest BCUT2D eigenvalue weighted by Gasteiger charge is 2.28. The molecular weight excluding hydrogens is 384 g/mol. The zero-order valence-electron chi connectivity index (χ0n) is 19.5. The summed E-state index contributed by atoms with van der Waals surface area (Å²) < 4.78 is 5.26. The van der Waals surface area contributed by atoms with Crippen molar-refractivity contribution in [3.05, 3.63) is 22.3 Å². The fraction of sp³-hybridized carbons (Fsp3) is 0.652. The van der Waals surface area contributed by atoms with Crippen LogP contribution in [0.5, 0.6) is 0 Å². The predicted octanol–water partition coefficient (Wildman–Crippen LogP) is 3.77. The van der Waals surface area contributed by atoms with Gasteiger partial charge in [0.2, 0.25) is 5.91 Å². The molecule has 0 saturated heterocycles. The van der Waals surface area contributed by atoms with Crippen molar-refractivity contribution < 1.29 is 23.9 Å². The first-order chi connectivity index (χ1) is 13.7. The summed E-state index contributed by atoms with van der Waals surface area (Å²) in [6, 6.07) is -0.790. The van der Waals surface area contributed by atoms with Crippen molar-refractivity contribution in [1.82, 2.24) is 10.6 Å². The van der Waals surface area contributed by atoms with Gasteiger partial charge in [0.1, 0.15) is 11.6 Å². The zero-order chi connectivity index (χ0) is 23.2. The lowest BCUT2D eigenvalue weighted by atomic mass is 9.84. The first-order valence-corrected chi connectivity index (χ1v) is 10.5. The minimum atomic E-state index is -0.732. The van der Waals surface area contributed by atoms with Crippen molar-refractivity contribution in [2.45, 2.75) is 98.8 Å². The molecule has 1 atom stereocenters. The van der Waals surface area contributed by atoms with E-state index >= 15 is 0 Å². The van der Waals surface area contributed by atoms with E-state index in [0.717, 1.165) is 0 Å². The van der Waals surface area contributed by atoms with Crippen molar-refractivity contribution in [3.8, 4) is 0 Å². The number of rotatable bonds is 8. The number of nitrogens with one attached hydrogen (secondary N) is 2. The van der Waals surface area contributed by atoms with Crippen LogP contribution in [-0.4, -0.2) is 41.3 Å². The summed E-state index contributed by atoms with van der Waals surface area (Å²) in [7, 11) is 0. The molecule has 0 aromatic rings. The zero-order valence-corrected chi connectivity index (χ0v) is 19.5. The van der Waals surface area contributed by atoms with Gasteiger partial charge in [0, 0.05) is 28.3 Å². The summed E-state index contributed by atoms with van der Waals surface area (Å²) in [5.74, 6) is -0.432. The fourth-order valence-electron chi connectivity index (χ4n) is 3.21. The molecule has 0 aromatic heterocycles. The van der Waals surface area contributed by atoms with E-state index in [-0.39, 0.29) is 23.5 Å². The monoisotopic (exact) mass is 420 g/mol. The Morgan fingerprint density at radius 2 is 1.47 bits per heavy atom. The summed E-state index contributed by atoms with van der Waals surface area (Å²) in [6.07, 6.45) is 1.45. The number of carbonyl (C=O) groups is 4. The SMILES string of the molecule is CC1=C(C)C(=O)C(CCCC[C@H](NC(=O)OC(C)(C)C)C(=O)NC(C)C)=C(C)C1=O. The maximum absolute atomic E-state index is 12.5. The molecule has 1 aliphatic carbocycles. The van der Waals surface area contributed by atoms with Crippen LogP contribution in [0.4, 0.5) is 4.79 Å². The number of alkyl carbamates (subject to hydrolysis) is 1. The van der Waals surface area contributed by atoms with E-state index in [4.69, 9.17) is 4.74 Å². The molecule has 7 nitrogen and oxygen atoms in total. The van der Waals surface area contributed by atoms with Crippen LogP contribution in [0.3, 0.4) is 0 Å². The minimum absolute atomic E-state index is 0.0582. The number of amides is 2. The number of Topliss-reactive ketones (excluding diaryl/α,β-unsaturated/α-hetero) is 2. The van der Waals surface area contributed by atoms with E-state index in [1.807, 2.05) is 13.8 Å². The summed E-state index contributed by atoms with van der Waals surface area (Å²) in [5.41, 5.74) is 1.40. The molecule has 168 valence electrons. The Labute approximate surface area is 179 Å². The first-order valence-electron chi connectivity index (χ1n) is 10.5. The molecule has 0 spiro atoms. The second-order valence-electron chi connectivity index (χ2n) is 9.12. The number of allylic oxidation sites excluding steroid dienone is 4. The van der Waals surface area contributed by atoms with Crippen LogP contribution in [0.25, 0.3) is 0 Å². The number of unbranched alkanes of at least 4 members (excludes halogenated alkanes) is 1. The van der Waals surface area contributed by atoms with E-state index in [0.29, 0.717) is 48.0 Å². The maximum Gasteiger partial charge on any atom is 0.408 e.